The maximum atomic E-state index is 13.5. The molecule has 8 heteroatoms. The Hall–Kier alpha value is -2.22. The van der Waals surface area contributed by atoms with Gasteiger partial charge in [-0.3, -0.25) is 0 Å². The zero-order valence-corrected chi connectivity index (χ0v) is 15.7. The van der Waals surface area contributed by atoms with Crippen molar-refractivity contribution in [1.29, 1.82) is 0 Å². The standard InChI is InChI=1S/C19H19F3N2O2S/c1-18(2)10-16(24-26-18)27-12-14-15(19(20,21)22)8-9-23-17(14)25-11-13-6-4-3-5-7-13/h3-9H,10-12H2,1-2H3. The minimum atomic E-state index is -4.49. The highest BCUT2D eigenvalue weighted by Gasteiger charge is 2.36. The van der Waals surface area contributed by atoms with Crippen molar-refractivity contribution in [3.63, 3.8) is 0 Å². The van der Waals surface area contributed by atoms with Crippen molar-refractivity contribution in [1.82, 2.24) is 4.98 Å². The van der Waals surface area contributed by atoms with Crippen LogP contribution in [0.4, 0.5) is 13.2 Å². The lowest BCUT2D eigenvalue weighted by Gasteiger charge is -2.16. The van der Waals surface area contributed by atoms with Crippen molar-refractivity contribution >= 4 is 16.8 Å². The van der Waals surface area contributed by atoms with Gasteiger partial charge in [-0.15, -0.1) is 11.8 Å². The van der Waals surface area contributed by atoms with Crippen LogP contribution >= 0.6 is 11.8 Å². The molecule has 0 N–H and O–H groups in total. The maximum Gasteiger partial charge on any atom is 0.416 e. The highest BCUT2D eigenvalue weighted by atomic mass is 32.2. The van der Waals surface area contributed by atoms with Crippen LogP contribution in [0, 0.1) is 0 Å². The van der Waals surface area contributed by atoms with Gasteiger partial charge >= 0.3 is 6.18 Å². The number of pyridine rings is 1. The van der Waals surface area contributed by atoms with E-state index in [0.29, 0.717) is 11.5 Å². The zero-order chi connectivity index (χ0) is 19.5. The lowest BCUT2D eigenvalue weighted by molar-refractivity contribution is -0.138. The monoisotopic (exact) mass is 396 g/mol. The predicted molar refractivity (Wildman–Crippen MR) is 98.5 cm³/mol. The third kappa shape index (κ3) is 5.15. The summed E-state index contributed by atoms with van der Waals surface area (Å²) >= 11 is 1.21. The molecule has 27 heavy (non-hydrogen) atoms. The average Bonchev–Trinajstić information content (AvgIpc) is 2.97. The van der Waals surface area contributed by atoms with Gasteiger partial charge in [-0.25, -0.2) is 4.98 Å². The Bertz CT molecular complexity index is 823. The molecule has 0 aliphatic carbocycles. The molecule has 1 aliphatic heterocycles. The summed E-state index contributed by atoms with van der Waals surface area (Å²) in [5, 5.41) is 4.61. The number of hydrogen-bond donors (Lipinski definition) is 0. The molecule has 4 nitrogen and oxygen atoms in total. The van der Waals surface area contributed by atoms with E-state index in [4.69, 9.17) is 9.57 Å². The predicted octanol–water partition coefficient (Wildman–Crippen LogP) is 5.43. The molecule has 0 saturated heterocycles. The first kappa shape index (κ1) is 19.5. The number of hydrogen-bond acceptors (Lipinski definition) is 5. The summed E-state index contributed by atoms with van der Waals surface area (Å²) in [6.45, 7) is 3.90. The van der Waals surface area contributed by atoms with Crippen LogP contribution in [0.2, 0.25) is 0 Å². The summed E-state index contributed by atoms with van der Waals surface area (Å²) in [5.41, 5.74) is -0.313. The number of ether oxygens (including phenoxy) is 1. The fraction of sp³-hybridized carbons (Fsp3) is 0.368. The van der Waals surface area contributed by atoms with Crippen LogP contribution < -0.4 is 4.74 Å². The summed E-state index contributed by atoms with van der Waals surface area (Å²) in [7, 11) is 0. The SMILES string of the molecule is CC1(C)CC(SCc2c(C(F)(F)F)ccnc2OCc2ccccc2)=NO1. The molecule has 1 aromatic heterocycles. The van der Waals surface area contributed by atoms with Gasteiger partial charge < -0.3 is 9.57 Å². The Morgan fingerprint density at radius 3 is 2.56 bits per heavy atom. The zero-order valence-electron chi connectivity index (χ0n) is 14.9. The molecule has 3 rings (SSSR count). The van der Waals surface area contributed by atoms with Gasteiger partial charge in [0, 0.05) is 23.9 Å². The number of oxime groups is 1. The summed E-state index contributed by atoms with van der Waals surface area (Å²) in [6.07, 6.45) is -2.81. The lowest BCUT2D eigenvalue weighted by atomic mass is 10.1. The van der Waals surface area contributed by atoms with Crippen molar-refractivity contribution in [3.8, 4) is 5.88 Å². The Labute approximate surface area is 159 Å². The normalized spacial score (nSPS) is 16.0. The summed E-state index contributed by atoms with van der Waals surface area (Å²) in [4.78, 5) is 9.31. The smallest absolute Gasteiger partial charge is 0.416 e. The Morgan fingerprint density at radius 2 is 1.93 bits per heavy atom. The minimum absolute atomic E-state index is 0.0123. The van der Waals surface area contributed by atoms with Crippen LogP contribution in [0.1, 0.15) is 37.0 Å². The largest absolute Gasteiger partial charge is 0.473 e. The molecular formula is C19H19F3N2O2S. The molecule has 0 fully saturated rings. The van der Waals surface area contributed by atoms with Crippen LogP contribution in [0.15, 0.2) is 47.8 Å². The second-order valence-electron chi connectivity index (χ2n) is 6.72. The third-order valence-corrected chi connectivity index (χ3v) is 4.88. The van der Waals surface area contributed by atoms with E-state index in [0.717, 1.165) is 17.8 Å². The second kappa shape index (κ2) is 7.80. The van der Waals surface area contributed by atoms with Gasteiger partial charge in [-0.1, -0.05) is 35.5 Å². The lowest BCUT2D eigenvalue weighted by Crippen LogP contribution is -2.18. The van der Waals surface area contributed by atoms with Crippen LogP contribution in [-0.4, -0.2) is 15.6 Å². The molecular weight excluding hydrogens is 377 g/mol. The van der Waals surface area contributed by atoms with Gasteiger partial charge in [-0.05, 0) is 25.5 Å². The fourth-order valence-corrected chi connectivity index (χ4v) is 3.69. The van der Waals surface area contributed by atoms with Crippen molar-refractivity contribution in [3.05, 3.63) is 59.3 Å². The molecule has 0 saturated carbocycles. The van der Waals surface area contributed by atoms with E-state index in [9.17, 15) is 13.2 Å². The van der Waals surface area contributed by atoms with Crippen molar-refractivity contribution < 1.29 is 22.7 Å². The van der Waals surface area contributed by atoms with Crippen LogP contribution in [-0.2, 0) is 23.4 Å². The van der Waals surface area contributed by atoms with E-state index in [1.54, 1.807) is 0 Å². The first-order valence-electron chi connectivity index (χ1n) is 8.34. The van der Waals surface area contributed by atoms with E-state index >= 15 is 0 Å². The molecule has 2 heterocycles. The number of rotatable bonds is 5. The molecule has 0 atom stereocenters. The van der Waals surface area contributed by atoms with E-state index < -0.39 is 17.3 Å². The first-order chi connectivity index (χ1) is 12.7. The second-order valence-corrected chi connectivity index (χ2v) is 7.76. The van der Waals surface area contributed by atoms with Gasteiger partial charge in [-0.2, -0.15) is 13.2 Å². The Kier molecular flexibility index (Phi) is 5.64. The van der Waals surface area contributed by atoms with Crippen LogP contribution in [0.3, 0.4) is 0 Å². The van der Waals surface area contributed by atoms with E-state index in [-0.39, 0.29) is 23.8 Å². The summed E-state index contributed by atoms with van der Waals surface area (Å²) < 4.78 is 46.0. The van der Waals surface area contributed by atoms with Crippen molar-refractivity contribution in [2.24, 2.45) is 5.16 Å². The van der Waals surface area contributed by atoms with Gasteiger partial charge in [0.1, 0.15) is 17.3 Å². The number of aromatic nitrogens is 1. The molecule has 2 aromatic rings. The van der Waals surface area contributed by atoms with Gasteiger partial charge in [0.25, 0.3) is 0 Å². The van der Waals surface area contributed by atoms with Gasteiger partial charge in [0.05, 0.1) is 5.56 Å². The van der Waals surface area contributed by atoms with E-state index in [1.807, 2.05) is 44.2 Å². The summed E-state index contributed by atoms with van der Waals surface area (Å²) in [6, 6.07) is 10.2. The first-order valence-corrected chi connectivity index (χ1v) is 9.33. The van der Waals surface area contributed by atoms with Crippen molar-refractivity contribution in [2.45, 2.75) is 44.4 Å². The van der Waals surface area contributed by atoms with Gasteiger partial charge in [0.2, 0.25) is 5.88 Å². The van der Waals surface area contributed by atoms with E-state index in [1.165, 1.54) is 11.8 Å². The third-order valence-electron chi connectivity index (χ3n) is 3.89. The molecule has 0 unspecified atom stereocenters. The molecule has 0 spiro atoms. The average molecular weight is 396 g/mol. The Morgan fingerprint density at radius 1 is 1.19 bits per heavy atom. The van der Waals surface area contributed by atoms with Crippen molar-refractivity contribution in [2.75, 3.05) is 0 Å². The molecule has 1 aliphatic rings. The molecule has 0 amide bonds. The fourth-order valence-electron chi connectivity index (χ4n) is 2.56. The molecule has 1 aromatic carbocycles. The van der Waals surface area contributed by atoms with Crippen LogP contribution in [0.25, 0.3) is 0 Å². The number of benzene rings is 1. The maximum absolute atomic E-state index is 13.5. The van der Waals surface area contributed by atoms with E-state index in [2.05, 4.69) is 10.1 Å². The number of thioether (sulfide) groups is 1. The number of nitrogens with zero attached hydrogens (tertiary/aromatic N) is 2. The minimum Gasteiger partial charge on any atom is -0.473 e. The molecule has 0 bridgehead atoms. The quantitative estimate of drug-likeness (QED) is 0.676. The highest BCUT2D eigenvalue weighted by molar-refractivity contribution is 8.13. The highest BCUT2D eigenvalue weighted by Crippen LogP contribution is 2.38. The number of halogens is 3. The summed E-state index contributed by atoms with van der Waals surface area (Å²) in [5.74, 6) is 0.0328. The van der Waals surface area contributed by atoms with Gasteiger partial charge in [0.15, 0.2) is 0 Å². The topological polar surface area (TPSA) is 43.7 Å². The molecule has 0 radical (unpaired) electrons. The van der Waals surface area contributed by atoms with Crippen LogP contribution in [0.5, 0.6) is 5.88 Å². The number of alkyl halides is 3. The Balaban J connectivity index is 1.80. The molecule has 144 valence electrons.